The van der Waals surface area contributed by atoms with Gasteiger partial charge in [0.25, 0.3) is 0 Å². The molecule has 0 saturated carbocycles. The van der Waals surface area contributed by atoms with Crippen LogP contribution in [0, 0.1) is 11.8 Å². The summed E-state index contributed by atoms with van der Waals surface area (Å²) in [7, 11) is 1.27. The molecule has 0 spiro atoms. The molecule has 1 rings (SSSR count). The average Bonchev–Trinajstić information content (AvgIpc) is 2.78. The van der Waals surface area contributed by atoms with E-state index in [0.29, 0.717) is 18.4 Å². The molecular weight excluding hydrogens is 288 g/mol. The highest BCUT2D eigenvalue weighted by atomic mass is 16.6. The monoisotopic (exact) mass is 312 g/mol. The number of methoxy groups -OCH3 is 1. The van der Waals surface area contributed by atoms with E-state index in [1.165, 1.54) is 7.11 Å². The highest BCUT2D eigenvalue weighted by Gasteiger charge is 2.41. The fraction of sp³-hybridized carbons (Fsp3) is 0.688. The van der Waals surface area contributed by atoms with Crippen LogP contribution in [0.25, 0.3) is 0 Å². The molecule has 1 heterocycles. The second kappa shape index (κ2) is 7.96. The van der Waals surface area contributed by atoms with E-state index in [1.807, 2.05) is 13.8 Å². The molecule has 1 saturated heterocycles. The van der Waals surface area contributed by atoms with E-state index in [0.717, 1.165) is 0 Å². The summed E-state index contributed by atoms with van der Waals surface area (Å²) >= 11 is 0. The van der Waals surface area contributed by atoms with Gasteiger partial charge in [0.1, 0.15) is 12.2 Å². The largest absolute Gasteiger partial charge is 0.469 e. The van der Waals surface area contributed by atoms with Gasteiger partial charge in [-0.25, -0.2) is 4.79 Å². The predicted molar refractivity (Wildman–Crippen MR) is 78.8 cm³/mol. The third-order valence-corrected chi connectivity index (χ3v) is 3.48. The predicted octanol–water partition coefficient (Wildman–Crippen LogP) is 2.02. The minimum Gasteiger partial charge on any atom is -0.469 e. The van der Waals surface area contributed by atoms with Crippen molar-refractivity contribution in [3.63, 3.8) is 0 Å². The number of carbonyl (C=O) groups is 3. The fourth-order valence-electron chi connectivity index (χ4n) is 2.33. The number of cyclic esters (lactones) is 1. The molecule has 0 N–H and O–H groups in total. The van der Waals surface area contributed by atoms with Gasteiger partial charge < -0.3 is 14.2 Å². The highest BCUT2D eigenvalue weighted by Crippen LogP contribution is 2.30. The minimum absolute atomic E-state index is 0.0192. The van der Waals surface area contributed by atoms with Crippen molar-refractivity contribution in [1.82, 2.24) is 0 Å². The Morgan fingerprint density at radius 3 is 2.55 bits per heavy atom. The normalized spacial score (nSPS) is 22.1. The van der Waals surface area contributed by atoms with E-state index < -0.39 is 36.0 Å². The highest BCUT2D eigenvalue weighted by molar-refractivity contribution is 5.87. The van der Waals surface area contributed by atoms with Crippen LogP contribution in [-0.2, 0) is 28.6 Å². The van der Waals surface area contributed by atoms with Crippen molar-refractivity contribution in [2.24, 2.45) is 11.8 Å². The SMILES string of the molecule is C=C(C)C(=O)OC(CC(C)C)C1CC(CC(=O)OC)C(=O)O1. The Morgan fingerprint density at radius 1 is 1.41 bits per heavy atom. The lowest BCUT2D eigenvalue weighted by atomic mass is 9.95. The number of hydrogen-bond acceptors (Lipinski definition) is 6. The molecule has 0 aliphatic carbocycles. The standard InChI is InChI=1S/C16H24O6/c1-9(2)6-12(21-15(18)10(3)4)13-7-11(16(19)22-13)8-14(17)20-5/h9,11-13H,3,6-8H2,1-2,4-5H3. The molecule has 124 valence electrons. The van der Waals surface area contributed by atoms with Crippen molar-refractivity contribution < 1.29 is 28.6 Å². The van der Waals surface area contributed by atoms with Crippen LogP contribution in [0.2, 0.25) is 0 Å². The maximum atomic E-state index is 11.9. The fourth-order valence-corrected chi connectivity index (χ4v) is 2.33. The number of carbonyl (C=O) groups excluding carboxylic acids is 3. The average molecular weight is 312 g/mol. The Morgan fingerprint density at radius 2 is 2.05 bits per heavy atom. The summed E-state index contributed by atoms with van der Waals surface area (Å²) in [5, 5.41) is 0. The smallest absolute Gasteiger partial charge is 0.333 e. The Hall–Kier alpha value is -1.85. The van der Waals surface area contributed by atoms with Crippen molar-refractivity contribution in [3.05, 3.63) is 12.2 Å². The zero-order chi connectivity index (χ0) is 16.9. The lowest BCUT2D eigenvalue weighted by molar-refractivity contribution is -0.160. The summed E-state index contributed by atoms with van der Waals surface area (Å²) < 4.78 is 15.3. The first-order valence-corrected chi connectivity index (χ1v) is 7.38. The Labute approximate surface area is 130 Å². The van der Waals surface area contributed by atoms with Crippen molar-refractivity contribution in [2.45, 2.75) is 52.2 Å². The summed E-state index contributed by atoms with van der Waals surface area (Å²) in [6.07, 6.45) is -0.172. The van der Waals surface area contributed by atoms with E-state index in [1.54, 1.807) is 6.92 Å². The van der Waals surface area contributed by atoms with Crippen LogP contribution in [0.4, 0.5) is 0 Å². The van der Waals surface area contributed by atoms with Crippen molar-refractivity contribution in [1.29, 1.82) is 0 Å². The van der Waals surface area contributed by atoms with Crippen LogP contribution in [0.5, 0.6) is 0 Å². The van der Waals surface area contributed by atoms with Gasteiger partial charge in [0, 0.05) is 12.0 Å². The zero-order valence-corrected chi connectivity index (χ0v) is 13.6. The molecule has 1 fully saturated rings. The van der Waals surface area contributed by atoms with E-state index >= 15 is 0 Å². The van der Waals surface area contributed by atoms with Gasteiger partial charge in [-0.05, 0) is 19.3 Å². The summed E-state index contributed by atoms with van der Waals surface area (Å²) in [6.45, 7) is 9.10. The van der Waals surface area contributed by atoms with Crippen LogP contribution in [0.1, 0.15) is 40.0 Å². The Balaban J connectivity index is 2.74. The molecule has 0 aromatic rings. The van der Waals surface area contributed by atoms with E-state index in [9.17, 15) is 14.4 Å². The summed E-state index contributed by atoms with van der Waals surface area (Å²) in [6, 6.07) is 0. The van der Waals surface area contributed by atoms with Crippen LogP contribution in [0.3, 0.4) is 0 Å². The summed E-state index contributed by atoms with van der Waals surface area (Å²) in [5.74, 6) is -1.69. The van der Waals surface area contributed by atoms with Gasteiger partial charge in [-0.1, -0.05) is 20.4 Å². The first-order valence-electron chi connectivity index (χ1n) is 7.38. The minimum atomic E-state index is -0.546. The lowest BCUT2D eigenvalue weighted by Crippen LogP contribution is -2.33. The van der Waals surface area contributed by atoms with Gasteiger partial charge in [-0.3, -0.25) is 9.59 Å². The van der Waals surface area contributed by atoms with E-state index in [-0.39, 0.29) is 12.3 Å². The second-order valence-electron chi connectivity index (χ2n) is 6.04. The first kappa shape index (κ1) is 18.2. The maximum Gasteiger partial charge on any atom is 0.333 e. The van der Waals surface area contributed by atoms with Crippen molar-refractivity contribution in [2.75, 3.05) is 7.11 Å². The summed E-state index contributed by atoms with van der Waals surface area (Å²) in [5.41, 5.74) is 0.296. The zero-order valence-electron chi connectivity index (χ0n) is 13.6. The molecule has 3 atom stereocenters. The first-order chi connectivity index (χ1) is 10.2. The molecule has 3 unspecified atom stereocenters. The summed E-state index contributed by atoms with van der Waals surface area (Å²) in [4.78, 5) is 34.9. The third kappa shape index (κ3) is 5.16. The lowest BCUT2D eigenvalue weighted by Gasteiger charge is -2.24. The van der Waals surface area contributed by atoms with E-state index in [4.69, 9.17) is 9.47 Å². The number of hydrogen-bond donors (Lipinski definition) is 0. The molecule has 0 bridgehead atoms. The molecular formula is C16H24O6. The third-order valence-electron chi connectivity index (χ3n) is 3.48. The van der Waals surface area contributed by atoms with Crippen LogP contribution in [-0.4, -0.2) is 37.2 Å². The van der Waals surface area contributed by atoms with Gasteiger partial charge >= 0.3 is 17.9 Å². The second-order valence-corrected chi connectivity index (χ2v) is 6.04. The molecule has 0 amide bonds. The van der Waals surface area contributed by atoms with Gasteiger partial charge in [0.05, 0.1) is 19.4 Å². The Kier molecular flexibility index (Phi) is 6.59. The quantitative estimate of drug-likeness (QED) is 0.406. The van der Waals surface area contributed by atoms with Gasteiger partial charge in [0.15, 0.2) is 0 Å². The molecule has 0 radical (unpaired) electrons. The number of esters is 3. The topological polar surface area (TPSA) is 78.9 Å². The molecule has 22 heavy (non-hydrogen) atoms. The molecule has 1 aliphatic rings. The van der Waals surface area contributed by atoms with Gasteiger partial charge in [-0.2, -0.15) is 0 Å². The Bertz CT molecular complexity index is 454. The maximum absolute atomic E-state index is 11.9. The number of ether oxygens (including phenoxy) is 3. The molecule has 6 nitrogen and oxygen atoms in total. The van der Waals surface area contributed by atoms with Crippen molar-refractivity contribution in [3.8, 4) is 0 Å². The molecule has 1 aliphatic heterocycles. The van der Waals surface area contributed by atoms with Gasteiger partial charge in [-0.15, -0.1) is 0 Å². The number of rotatable bonds is 7. The molecule has 0 aromatic carbocycles. The van der Waals surface area contributed by atoms with Crippen LogP contribution < -0.4 is 0 Å². The van der Waals surface area contributed by atoms with Crippen LogP contribution in [0.15, 0.2) is 12.2 Å². The van der Waals surface area contributed by atoms with Gasteiger partial charge in [0.2, 0.25) is 0 Å². The molecule has 6 heteroatoms. The van der Waals surface area contributed by atoms with Crippen LogP contribution >= 0.6 is 0 Å². The molecule has 0 aromatic heterocycles. The van der Waals surface area contributed by atoms with E-state index in [2.05, 4.69) is 11.3 Å². The van der Waals surface area contributed by atoms with Crippen molar-refractivity contribution >= 4 is 17.9 Å².